The summed E-state index contributed by atoms with van der Waals surface area (Å²) in [6.07, 6.45) is 3.31. The van der Waals surface area contributed by atoms with Gasteiger partial charge >= 0.3 is 5.97 Å². The van der Waals surface area contributed by atoms with E-state index in [-0.39, 0.29) is 19.3 Å². The van der Waals surface area contributed by atoms with Crippen molar-refractivity contribution in [3.05, 3.63) is 59.7 Å². The van der Waals surface area contributed by atoms with Gasteiger partial charge in [-0.3, -0.25) is 0 Å². The predicted molar refractivity (Wildman–Crippen MR) is 106 cm³/mol. The highest BCUT2D eigenvalue weighted by atomic mass is 16.5. The minimum absolute atomic E-state index is 0.244. The fourth-order valence-electron chi connectivity index (χ4n) is 3.42. The van der Waals surface area contributed by atoms with Crippen LogP contribution >= 0.6 is 0 Å². The number of aliphatic hydroxyl groups excluding tert-OH is 1. The van der Waals surface area contributed by atoms with Crippen LogP contribution in [-0.4, -0.2) is 48.1 Å². The van der Waals surface area contributed by atoms with E-state index in [2.05, 4.69) is 5.32 Å². The van der Waals surface area contributed by atoms with Crippen molar-refractivity contribution in [1.29, 1.82) is 0 Å². The molecule has 28 heavy (non-hydrogen) atoms. The van der Waals surface area contributed by atoms with Gasteiger partial charge in [0.1, 0.15) is 24.2 Å². The van der Waals surface area contributed by atoms with Crippen molar-refractivity contribution in [2.45, 2.75) is 37.8 Å². The van der Waals surface area contributed by atoms with Crippen molar-refractivity contribution in [1.82, 2.24) is 5.32 Å². The molecule has 150 valence electrons. The molecular weight excluding hydrogens is 358 g/mol. The lowest BCUT2D eigenvalue weighted by Crippen LogP contribution is -2.39. The van der Waals surface area contributed by atoms with Crippen LogP contribution in [0.25, 0.3) is 0 Å². The third kappa shape index (κ3) is 6.25. The lowest BCUT2D eigenvalue weighted by atomic mass is 10.0. The van der Waals surface area contributed by atoms with Crippen LogP contribution in [0.3, 0.4) is 0 Å². The molecule has 3 N–H and O–H groups in total. The number of aliphatic carboxylic acids is 1. The van der Waals surface area contributed by atoms with Crippen LogP contribution in [-0.2, 0) is 17.6 Å². The third-order valence-corrected chi connectivity index (χ3v) is 4.83. The molecule has 0 saturated carbocycles. The second kappa shape index (κ2) is 10.1. The summed E-state index contributed by atoms with van der Waals surface area (Å²) < 4.78 is 10.9. The number of rotatable bonds is 9. The lowest BCUT2D eigenvalue weighted by molar-refractivity contribution is -0.139. The number of benzene rings is 2. The van der Waals surface area contributed by atoms with E-state index in [1.165, 1.54) is 11.1 Å². The molecule has 0 saturated heterocycles. The first-order valence-electron chi connectivity index (χ1n) is 9.66. The van der Waals surface area contributed by atoms with Crippen molar-refractivity contribution in [3.8, 4) is 11.5 Å². The Labute approximate surface area is 165 Å². The number of para-hydroxylation sites is 1. The van der Waals surface area contributed by atoms with Gasteiger partial charge in [-0.25, -0.2) is 4.79 Å². The zero-order valence-electron chi connectivity index (χ0n) is 15.8. The van der Waals surface area contributed by atoms with Crippen LogP contribution in [0, 0.1) is 0 Å². The van der Waals surface area contributed by atoms with Crippen LogP contribution in [0.4, 0.5) is 0 Å². The monoisotopic (exact) mass is 385 g/mol. The molecule has 0 radical (unpaired) electrons. The van der Waals surface area contributed by atoms with Crippen LogP contribution in [0.15, 0.2) is 48.5 Å². The van der Waals surface area contributed by atoms with Gasteiger partial charge in [0, 0.05) is 12.6 Å². The molecule has 0 spiro atoms. The van der Waals surface area contributed by atoms with Crippen molar-refractivity contribution in [2.75, 3.05) is 19.8 Å². The molecule has 0 aromatic heterocycles. The maximum Gasteiger partial charge on any atom is 0.341 e. The molecule has 2 atom stereocenters. The number of aliphatic hydroxyl groups is 1. The molecule has 0 amide bonds. The summed E-state index contributed by atoms with van der Waals surface area (Å²) in [6.45, 7) is 0.365. The summed E-state index contributed by atoms with van der Waals surface area (Å²) in [4.78, 5) is 10.7. The quantitative estimate of drug-likeness (QED) is 0.575. The highest BCUT2D eigenvalue weighted by molar-refractivity contribution is 5.68. The Morgan fingerprint density at radius 1 is 1.11 bits per heavy atom. The molecule has 3 rings (SSSR count). The van der Waals surface area contributed by atoms with Crippen molar-refractivity contribution >= 4 is 5.97 Å². The average Bonchev–Trinajstić information content (AvgIpc) is 2.91. The SMILES string of the molecule is O=C(O)COc1ccc2c(c1)C[C@@H](NC[C@@H](O)COc1ccccc1)CCC2. The molecule has 0 bridgehead atoms. The summed E-state index contributed by atoms with van der Waals surface area (Å²) in [7, 11) is 0. The van der Waals surface area contributed by atoms with Gasteiger partial charge in [-0.2, -0.15) is 0 Å². The molecule has 0 heterocycles. The standard InChI is InChI=1S/C22H27NO5/c24-19(14-27-20-7-2-1-3-8-20)13-23-18-6-4-5-16-9-10-21(12-17(16)11-18)28-15-22(25)26/h1-3,7-10,12,18-19,23-24H,4-6,11,13-15H2,(H,25,26)/t18-,19+/m0/s1. The number of carboxylic acids is 1. The van der Waals surface area contributed by atoms with Crippen LogP contribution in [0.5, 0.6) is 11.5 Å². The van der Waals surface area contributed by atoms with Crippen molar-refractivity contribution < 1.29 is 24.5 Å². The van der Waals surface area contributed by atoms with E-state index in [1.807, 2.05) is 48.5 Å². The van der Waals surface area contributed by atoms with Crippen LogP contribution in [0.2, 0.25) is 0 Å². The molecule has 0 aliphatic heterocycles. The van der Waals surface area contributed by atoms with E-state index in [4.69, 9.17) is 14.6 Å². The molecule has 2 aromatic carbocycles. The summed E-state index contributed by atoms with van der Waals surface area (Å²) in [5, 5.41) is 22.4. The number of carbonyl (C=O) groups is 1. The van der Waals surface area contributed by atoms with Gasteiger partial charge < -0.3 is 25.0 Å². The van der Waals surface area contributed by atoms with Gasteiger partial charge in [-0.15, -0.1) is 0 Å². The highest BCUT2D eigenvalue weighted by Crippen LogP contribution is 2.25. The van der Waals surface area contributed by atoms with Gasteiger partial charge in [0.15, 0.2) is 6.61 Å². The first-order valence-corrected chi connectivity index (χ1v) is 9.66. The maximum absolute atomic E-state index is 10.7. The Kier molecular flexibility index (Phi) is 7.28. The van der Waals surface area contributed by atoms with Gasteiger partial charge in [-0.1, -0.05) is 24.3 Å². The van der Waals surface area contributed by atoms with Crippen LogP contribution < -0.4 is 14.8 Å². The Bertz CT molecular complexity index is 765. The number of carboxylic acid groups (broad SMARTS) is 1. The summed E-state index contributed by atoms with van der Waals surface area (Å²) in [5.41, 5.74) is 2.45. The maximum atomic E-state index is 10.7. The fraction of sp³-hybridized carbons (Fsp3) is 0.409. The van der Waals surface area contributed by atoms with Gasteiger partial charge in [0.2, 0.25) is 0 Å². The third-order valence-electron chi connectivity index (χ3n) is 4.83. The van der Waals surface area contributed by atoms with E-state index in [9.17, 15) is 9.90 Å². The predicted octanol–water partition coefficient (Wildman–Crippen LogP) is 2.43. The number of hydrogen-bond acceptors (Lipinski definition) is 5. The Balaban J connectivity index is 1.50. The Morgan fingerprint density at radius 2 is 1.93 bits per heavy atom. The summed E-state index contributed by atoms with van der Waals surface area (Å²) in [6, 6.07) is 15.5. The molecular formula is C22H27NO5. The summed E-state index contributed by atoms with van der Waals surface area (Å²) >= 11 is 0. The van der Waals surface area contributed by atoms with E-state index in [1.54, 1.807) is 0 Å². The lowest BCUT2D eigenvalue weighted by Gasteiger charge is -2.20. The molecule has 2 aromatic rings. The van der Waals surface area contributed by atoms with Crippen molar-refractivity contribution in [2.24, 2.45) is 0 Å². The molecule has 0 unspecified atom stereocenters. The Hall–Kier alpha value is -2.57. The number of aryl methyl sites for hydroxylation is 1. The van der Waals surface area contributed by atoms with Gasteiger partial charge in [0.05, 0.1) is 0 Å². The van der Waals surface area contributed by atoms with Gasteiger partial charge in [0.25, 0.3) is 0 Å². The van der Waals surface area contributed by atoms with E-state index in [0.29, 0.717) is 12.3 Å². The zero-order valence-corrected chi connectivity index (χ0v) is 15.8. The minimum atomic E-state index is -0.985. The first kappa shape index (κ1) is 20.2. The highest BCUT2D eigenvalue weighted by Gasteiger charge is 2.18. The molecule has 6 nitrogen and oxygen atoms in total. The van der Waals surface area contributed by atoms with Crippen LogP contribution in [0.1, 0.15) is 24.0 Å². The molecule has 1 aliphatic carbocycles. The van der Waals surface area contributed by atoms with E-state index < -0.39 is 12.1 Å². The topological polar surface area (TPSA) is 88.0 Å². The largest absolute Gasteiger partial charge is 0.491 e. The van der Waals surface area contributed by atoms with E-state index in [0.717, 1.165) is 31.4 Å². The van der Waals surface area contributed by atoms with Crippen molar-refractivity contribution in [3.63, 3.8) is 0 Å². The number of nitrogens with one attached hydrogen (secondary N) is 1. The number of ether oxygens (including phenoxy) is 2. The smallest absolute Gasteiger partial charge is 0.341 e. The molecule has 1 aliphatic rings. The second-order valence-electron chi connectivity index (χ2n) is 7.09. The summed E-state index contributed by atoms with van der Waals surface area (Å²) in [5.74, 6) is 0.345. The zero-order chi connectivity index (χ0) is 19.8. The second-order valence-corrected chi connectivity index (χ2v) is 7.09. The van der Waals surface area contributed by atoms with Gasteiger partial charge in [-0.05, 0) is 61.1 Å². The normalized spacial score (nSPS) is 17.2. The first-order chi connectivity index (χ1) is 13.6. The average molecular weight is 385 g/mol. The number of hydrogen-bond donors (Lipinski definition) is 3. The Morgan fingerprint density at radius 3 is 2.71 bits per heavy atom. The fourth-order valence-corrected chi connectivity index (χ4v) is 3.42. The molecule has 0 fully saturated rings. The molecule has 6 heteroatoms. The van der Waals surface area contributed by atoms with E-state index >= 15 is 0 Å². The number of fused-ring (bicyclic) bond motifs is 1. The minimum Gasteiger partial charge on any atom is -0.491 e.